The molecule has 1 aromatic carbocycles. The van der Waals surface area contributed by atoms with Crippen LogP contribution in [0.5, 0.6) is 0 Å². The van der Waals surface area contributed by atoms with Gasteiger partial charge in [0.05, 0.1) is 9.85 Å². The van der Waals surface area contributed by atoms with Crippen LogP contribution in [0.3, 0.4) is 0 Å². The minimum Gasteiger partial charge on any atom is -0.282 e. The summed E-state index contributed by atoms with van der Waals surface area (Å²) in [4.78, 5) is 19.1. The second kappa shape index (κ2) is 4.90. The molecule has 1 N–H and O–H groups in total. The Hall–Kier alpha value is -2.07. The Kier molecular flexibility index (Phi) is 3.86. The van der Waals surface area contributed by atoms with Crippen LogP contribution < -0.4 is 0 Å². The third-order valence-corrected chi connectivity index (χ3v) is 3.21. The van der Waals surface area contributed by atoms with E-state index in [0.29, 0.717) is 12.1 Å². The summed E-state index contributed by atoms with van der Waals surface area (Å²) in [5.41, 5.74) is -1.61. The van der Waals surface area contributed by atoms with Crippen LogP contribution in [0, 0.1) is 20.2 Å². The Bertz CT molecular complexity index is 616. The number of hydrogen-bond donors (Lipinski definition) is 1. The van der Waals surface area contributed by atoms with Gasteiger partial charge in [0.25, 0.3) is 21.5 Å². The number of rotatable bonds is 4. The van der Waals surface area contributed by atoms with Crippen LogP contribution in [0.1, 0.15) is 25.3 Å². The first-order chi connectivity index (χ1) is 8.55. The maximum Gasteiger partial charge on any atom is 0.295 e. The predicted molar refractivity (Wildman–Crippen MR) is 63.7 cm³/mol. The summed E-state index contributed by atoms with van der Waals surface area (Å²) in [6.07, 6.45) is 0. The van der Waals surface area contributed by atoms with E-state index in [1.54, 1.807) is 0 Å². The van der Waals surface area contributed by atoms with Crippen LogP contribution >= 0.6 is 0 Å². The SMILES string of the molecule is CC(C)c1c([N+](=O)[O-])cc(S(=O)(=O)O)cc1[N+](=O)[O-]. The minimum atomic E-state index is -4.77. The molecule has 9 nitrogen and oxygen atoms in total. The first-order valence-corrected chi connectivity index (χ1v) is 6.44. The molecule has 19 heavy (non-hydrogen) atoms. The average molecular weight is 290 g/mol. The molecule has 1 rings (SSSR count). The van der Waals surface area contributed by atoms with Gasteiger partial charge in [-0.15, -0.1) is 0 Å². The maximum atomic E-state index is 11.0. The van der Waals surface area contributed by atoms with E-state index in [4.69, 9.17) is 4.55 Å². The predicted octanol–water partition coefficient (Wildman–Crippen LogP) is 1.87. The standard InChI is InChI=1S/C9H10N2O7S/c1-5(2)9-7(10(12)13)3-6(19(16,17)18)4-8(9)11(14)15/h3-5H,1-2H3,(H,16,17,18). The number of nitro benzene ring substituents is 2. The Morgan fingerprint density at radius 3 is 1.68 bits per heavy atom. The molecule has 0 heterocycles. The zero-order valence-corrected chi connectivity index (χ0v) is 10.7. The van der Waals surface area contributed by atoms with E-state index >= 15 is 0 Å². The van der Waals surface area contributed by atoms with Gasteiger partial charge in [0.15, 0.2) is 0 Å². The van der Waals surface area contributed by atoms with Gasteiger partial charge >= 0.3 is 0 Å². The summed E-state index contributed by atoms with van der Waals surface area (Å²) < 4.78 is 30.8. The van der Waals surface area contributed by atoms with E-state index in [1.165, 1.54) is 13.8 Å². The fraction of sp³-hybridized carbons (Fsp3) is 0.333. The van der Waals surface area contributed by atoms with Crippen LogP contribution in [-0.4, -0.2) is 22.8 Å². The molecule has 0 atom stereocenters. The van der Waals surface area contributed by atoms with Crippen LogP contribution in [0.15, 0.2) is 17.0 Å². The molecule has 0 aliphatic rings. The Morgan fingerprint density at radius 1 is 1.11 bits per heavy atom. The van der Waals surface area contributed by atoms with Crippen molar-refractivity contribution in [1.29, 1.82) is 0 Å². The van der Waals surface area contributed by atoms with Crippen molar-refractivity contribution in [1.82, 2.24) is 0 Å². The molecular formula is C9H10N2O7S. The van der Waals surface area contributed by atoms with Crippen LogP contribution in [0.2, 0.25) is 0 Å². The normalized spacial score (nSPS) is 11.6. The number of hydrogen-bond acceptors (Lipinski definition) is 6. The van der Waals surface area contributed by atoms with Crippen LogP contribution in [-0.2, 0) is 10.1 Å². The highest BCUT2D eigenvalue weighted by molar-refractivity contribution is 7.85. The van der Waals surface area contributed by atoms with Crippen molar-refractivity contribution >= 4 is 21.5 Å². The van der Waals surface area contributed by atoms with Gasteiger partial charge in [-0.05, 0) is 5.92 Å². The van der Waals surface area contributed by atoms with Gasteiger partial charge in [-0.3, -0.25) is 24.8 Å². The Morgan fingerprint density at radius 2 is 1.47 bits per heavy atom. The summed E-state index contributed by atoms with van der Waals surface area (Å²) in [7, 11) is -4.77. The molecule has 0 bridgehead atoms. The number of nitrogens with zero attached hydrogens (tertiary/aromatic N) is 2. The Balaban J connectivity index is 3.83. The summed E-state index contributed by atoms with van der Waals surface area (Å²) in [5.74, 6) is -0.559. The monoisotopic (exact) mass is 290 g/mol. The average Bonchev–Trinajstić information content (AvgIpc) is 2.25. The zero-order valence-electron chi connectivity index (χ0n) is 9.93. The fourth-order valence-electron chi connectivity index (χ4n) is 1.64. The number of nitro groups is 2. The van der Waals surface area contributed by atoms with Crippen molar-refractivity contribution in [3.8, 4) is 0 Å². The van der Waals surface area contributed by atoms with Gasteiger partial charge in [-0.1, -0.05) is 13.8 Å². The molecule has 1 aromatic rings. The second-order valence-corrected chi connectivity index (χ2v) is 5.44. The molecule has 0 amide bonds. The van der Waals surface area contributed by atoms with Crippen molar-refractivity contribution in [2.75, 3.05) is 0 Å². The lowest BCUT2D eigenvalue weighted by Gasteiger charge is -2.08. The molecule has 0 aliphatic carbocycles. The van der Waals surface area contributed by atoms with E-state index in [9.17, 15) is 28.6 Å². The third-order valence-electron chi connectivity index (χ3n) is 2.38. The van der Waals surface area contributed by atoms with E-state index in [2.05, 4.69) is 0 Å². The van der Waals surface area contributed by atoms with Gasteiger partial charge in [0.1, 0.15) is 10.5 Å². The molecule has 0 spiro atoms. The maximum absolute atomic E-state index is 11.0. The van der Waals surface area contributed by atoms with Gasteiger partial charge in [0.2, 0.25) is 0 Å². The van der Waals surface area contributed by atoms with Crippen molar-refractivity contribution in [3.05, 3.63) is 37.9 Å². The topological polar surface area (TPSA) is 141 Å². The number of benzene rings is 1. The second-order valence-electron chi connectivity index (χ2n) is 4.02. The van der Waals surface area contributed by atoms with Gasteiger partial charge < -0.3 is 0 Å². The fourth-order valence-corrected chi connectivity index (χ4v) is 2.16. The molecule has 104 valence electrons. The summed E-state index contributed by atoms with van der Waals surface area (Å²) in [5, 5.41) is 21.8. The molecule has 0 aliphatic heterocycles. The summed E-state index contributed by atoms with van der Waals surface area (Å²) in [6, 6.07) is 1.22. The molecule has 0 saturated heterocycles. The lowest BCUT2D eigenvalue weighted by Crippen LogP contribution is -2.07. The van der Waals surface area contributed by atoms with E-state index < -0.39 is 42.2 Å². The molecule has 0 radical (unpaired) electrons. The lowest BCUT2D eigenvalue weighted by atomic mass is 9.99. The summed E-state index contributed by atoms with van der Waals surface area (Å²) in [6.45, 7) is 3.00. The minimum absolute atomic E-state index is 0.192. The largest absolute Gasteiger partial charge is 0.295 e. The molecule has 10 heteroatoms. The smallest absolute Gasteiger partial charge is 0.282 e. The van der Waals surface area contributed by atoms with Crippen molar-refractivity contribution in [3.63, 3.8) is 0 Å². The van der Waals surface area contributed by atoms with Crippen molar-refractivity contribution < 1.29 is 22.8 Å². The highest BCUT2D eigenvalue weighted by atomic mass is 32.2. The molecular weight excluding hydrogens is 280 g/mol. The summed E-state index contributed by atoms with van der Waals surface area (Å²) >= 11 is 0. The Labute approximate surface area is 107 Å². The first-order valence-electron chi connectivity index (χ1n) is 5.00. The van der Waals surface area contributed by atoms with E-state index in [0.717, 1.165) is 0 Å². The van der Waals surface area contributed by atoms with E-state index in [1.807, 2.05) is 0 Å². The molecule has 0 fully saturated rings. The van der Waals surface area contributed by atoms with Crippen molar-refractivity contribution in [2.45, 2.75) is 24.7 Å². The van der Waals surface area contributed by atoms with Gasteiger partial charge in [-0.25, -0.2) is 0 Å². The molecule has 0 aromatic heterocycles. The highest BCUT2D eigenvalue weighted by Gasteiger charge is 2.31. The quantitative estimate of drug-likeness (QED) is 0.506. The molecule has 0 unspecified atom stereocenters. The van der Waals surface area contributed by atoms with Gasteiger partial charge in [-0.2, -0.15) is 8.42 Å². The third kappa shape index (κ3) is 3.03. The van der Waals surface area contributed by atoms with Crippen LogP contribution in [0.4, 0.5) is 11.4 Å². The van der Waals surface area contributed by atoms with E-state index in [-0.39, 0.29) is 5.56 Å². The lowest BCUT2D eigenvalue weighted by molar-refractivity contribution is -0.396. The molecule has 0 saturated carbocycles. The van der Waals surface area contributed by atoms with Gasteiger partial charge in [0, 0.05) is 12.1 Å². The zero-order chi connectivity index (χ0) is 15.0. The first kappa shape index (κ1) is 15.0. The highest BCUT2D eigenvalue weighted by Crippen LogP contribution is 2.37. The van der Waals surface area contributed by atoms with Crippen molar-refractivity contribution in [2.24, 2.45) is 0 Å². The van der Waals surface area contributed by atoms with Crippen LogP contribution in [0.25, 0.3) is 0 Å².